The molecule has 0 aromatic rings. The number of aliphatic hydroxyl groups is 7. The molecule has 0 aliphatic carbocycles. The predicted molar refractivity (Wildman–Crippen MR) is 279 cm³/mol. The van der Waals surface area contributed by atoms with Gasteiger partial charge in [-0.15, -0.1) is 0 Å². The third-order valence-corrected chi connectivity index (χ3v) is 12.7. The van der Waals surface area contributed by atoms with Gasteiger partial charge in [-0.2, -0.15) is 0 Å². The number of hydrogen-bond donors (Lipinski definition) is 7. The Morgan fingerprint density at radius 2 is 0.847 bits per heavy atom. The van der Waals surface area contributed by atoms with Gasteiger partial charge in [0.05, 0.1) is 19.8 Å². The van der Waals surface area contributed by atoms with Crippen LogP contribution in [-0.2, 0) is 38.0 Å². The van der Waals surface area contributed by atoms with Gasteiger partial charge in [0.1, 0.15) is 55.4 Å². The molecule has 72 heavy (non-hydrogen) atoms. The van der Waals surface area contributed by atoms with Crippen LogP contribution in [0.25, 0.3) is 0 Å². The minimum Gasteiger partial charge on any atom is -0.462 e. The molecule has 2 aliphatic rings. The van der Waals surface area contributed by atoms with Crippen molar-refractivity contribution in [3.63, 3.8) is 0 Å². The third-order valence-electron chi connectivity index (χ3n) is 12.7. The minimum absolute atomic E-state index is 0.116. The van der Waals surface area contributed by atoms with E-state index in [4.69, 9.17) is 28.4 Å². The van der Waals surface area contributed by atoms with Gasteiger partial charge in [0.15, 0.2) is 18.7 Å². The quantitative estimate of drug-likeness (QED) is 0.0172. The van der Waals surface area contributed by atoms with Gasteiger partial charge in [0.25, 0.3) is 0 Å². The Labute approximate surface area is 432 Å². The molecule has 2 heterocycles. The lowest BCUT2D eigenvalue weighted by Gasteiger charge is -2.42. The van der Waals surface area contributed by atoms with Crippen LogP contribution >= 0.6 is 0 Å². The second kappa shape index (κ2) is 43.2. The van der Waals surface area contributed by atoms with Crippen molar-refractivity contribution in [3.8, 4) is 0 Å². The van der Waals surface area contributed by atoms with Crippen molar-refractivity contribution in [2.45, 2.75) is 248 Å². The largest absolute Gasteiger partial charge is 0.462 e. The molecule has 0 radical (unpaired) electrons. The summed E-state index contributed by atoms with van der Waals surface area (Å²) in [4.78, 5) is 25.8. The first-order valence-electron chi connectivity index (χ1n) is 27.5. The number of allylic oxidation sites excluding steroid dienone is 12. The van der Waals surface area contributed by atoms with Gasteiger partial charge >= 0.3 is 11.9 Å². The van der Waals surface area contributed by atoms with Crippen molar-refractivity contribution >= 4 is 11.9 Å². The first-order valence-corrected chi connectivity index (χ1v) is 27.5. The monoisotopic (exact) mass is 1020 g/mol. The van der Waals surface area contributed by atoms with Crippen molar-refractivity contribution in [3.05, 3.63) is 72.9 Å². The van der Waals surface area contributed by atoms with Gasteiger partial charge in [0, 0.05) is 12.8 Å². The summed E-state index contributed by atoms with van der Waals surface area (Å²) in [6, 6.07) is 0. The van der Waals surface area contributed by atoms with Crippen molar-refractivity contribution < 1.29 is 73.8 Å². The Hall–Kier alpha value is -3.06. The maximum atomic E-state index is 13.0. The summed E-state index contributed by atoms with van der Waals surface area (Å²) in [7, 11) is 0. The lowest BCUT2D eigenvalue weighted by atomic mass is 9.98. The van der Waals surface area contributed by atoms with E-state index in [2.05, 4.69) is 80.7 Å². The summed E-state index contributed by atoms with van der Waals surface area (Å²) in [5.74, 6) is -1.02. The van der Waals surface area contributed by atoms with Gasteiger partial charge in [-0.25, -0.2) is 0 Å². The first kappa shape index (κ1) is 65.1. The molecule has 0 saturated carbocycles. The highest BCUT2D eigenvalue weighted by atomic mass is 16.7. The van der Waals surface area contributed by atoms with E-state index in [1.54, 1.807) is 0 Å². The van der Waals surface area contributed by atoms with E-state index in [0.29, 0.717) is 19.3 Å². The van der Waals surface area contributed by atoms with Crippen LogP contribution in [0.5, 0.6) is 0 Å². The Kier molecular flexibility index (Phi) is 39.0. The number of rotatable bonds is 42. The fraction of sp³-hybridized carbons (Fsp3) is 0.754. The van der Waals surface area contributed by atoms with E-state index in [-0.39, 0.29) is 19.4 Å². The SMILES string of the molecule is CCCCC/C=C/C/C=C/C/C=C/C/C=C/CCCCCC(=O)O[C@H](COC(=O)CCC/C=C/C/C=C/CCCCCCCCCCC)CO[C@H]1O[C@@H](CO[C@H]2O[C@@H](CO)[C@@H](O)C(O)C2O)[C@@H](O)C(O)C1O. The highest BCUT2D eigenvalue weighted by Gasteiger charge is 2.47. The number of carbonyl (C=O) groups is 2. The van der Waals surface area contributed by atoms with Crippen molar-refractivity contribution in [2.24, 2.45) is 0 Å². The van der Waals surface area contributed by atoms with Crippen LogP contribution in [0.15, 0.2) is 72.9 Å². The molecule has 15 nitrogen and oxygen atoms in total. The van der Waals surface area contributed by atoms with Gasteiger partial charge in [-0.1, -0.05) is 157 Å². The molecule has 0 aromatic heterocycles. The average Bonchev–Trinajstić information content (AvgIpc) is 3.37. The lowest BCUT2D eigenvalue weighted by Crippen LogP contribution is -2.61. The topological polar surface area (TPSA) is 231 Å². The molecule has 2 aliphatic heterocycles. The molecule has 0 bridgehead atoms. The summed E-state index contributed by atoms with van der Waals surface area (Å²) in [6.45, 7) is 2.48. The van der Waals surface area contributed by atoms with Crippen LogP contribution in [0, 0.1) is 0 Å². The smallest absolute Gasteiger partial charge is 0.306 e. The number of hydrogen-bond acceptors (Lipinski definition) is 15. The van der Waals surface area contributed by atoms with E-state index < -0.39 is 99.3 Å². The normalized spacial score (nSPS) is 25.6. The van der Waals surface area contributed by atoms with E-state index in [1.165, 1.54) is 77.0 Å². The summed E-state index contributed by atoms with van der Waals surface area (Å²) in [5.41, 5.74) is 0. The zero-order valence-corrected chi connectivity index (χ0v) is 43.9. The summed E-state index contributed by atoms with van der Waals surface area (Å²) in [5, 5.41) is 72.2. The highest BCUT2D eigenvalue weighted by Crippen LogP contribution is 2.26. The highest BCUT2D eigenvalue weighted by molar-refractivity contribution is 5.70. The van der Waals surface area contributed by atoms with E-state index in [1.807, 2.05) is 6.08 Å². The molecule has 0 spiro atoms. The number of aliphatic hydroxyl groups excluding tert-OH is 7. The van der Waals surface area contributed by atoms with Crippen LogP contribution in [0.4, 0.5) is 0 Å². The van der Waals surface area contributed by atoms with Crippen LogP contribution in [0.3, 0.4) is 0 Å². The maximum absolute atomic E-state index is 13.0. The van der Waals surface area contributed by atoms with Crippen LogP contribution in [0.2, 0.25) is 0 Å². The zero-order chi connectivity index (χ0) is 52.4. The molecular formula is C57H96O15. The van der Waals surface area contributed by atoms with E-state index >= 15 is 0 Å². The zero-order valence-electron chi connectivity index (χ0n) is 43.9. The predicted octanol–water partition coefficient (Wildman–Crippen LogP) is 8.60. The fourth-order valence-corrected chi connectivity index (χ4v) is 8.12. The number of esters is 2. The Morgan fingerprint density at radius 3 is 1.38 bits per heavy atom. The van der Waals surface area contributed by atoms with Crippen molar-refractivity contribution in [2.75, 3.05) is 26.4 Å². The molecule has 15 heteroatoms. The number of ether oxygens (including phenoxy) is 6. The van der Waals surface area contributed by atoms with Crippen molar-refractivity contribution in [1.82, 2.24) is 0 Å². The third kappa shape index (κ3) is 30.3. The summed E-state index contributed by atoms with van der Waals surface area (Å²) < 4.78 is 33.5. The molecule has 0 aromatic carbocycles. The molecule has 4 unspecified atom stereocenters. The van der Waals surface area contributed by atoms with Gasteiger partial charge < -0.3 is 64.2 Å². The molecule has 0 amide bonds. The average molecular weight is 1020 g/mol. The first-order chi connectivity index (χ1) is 35.0. The molecule has 2 saturated heterocycles. The van der Waals surface area contributed by atoms with Gasteiger partial charge in [-0.3, -0.25) is 9.59 Å². The summed E-state index contributed by atoms with van der Waals surface area (Å²) >= 11 is 0. The van der Waals surface area contributed by atoms with Gasteiger partial charge in [-0.05, 0) is 83.5 Å². The van der Waals surface area contributed by atoms with Gasteiger partial charge in [0.2, 0.25) is 0 Å². The standard InChI is InChI=1S/C57H96O15/c1-3-5-7-9-11-13-15-17-19-21-22-24-26-28-30-32-34-36-38-40-49(60)70-45(42-67-48(59)39-37-35-33-31-29-27-25-23-20-18-16-14-12-10-8-6-4-2)43-68-56-55(66)53(64)51(62)47(72-56)44-69-57-54(65)52(63)50(61)46(41-58)71-57/h11,13,17,19,22,24-25,27-28,30-31,33,45-47,50-58,61-66H,3-10,12,14-16,18,20-21,23,26,29,32,34-44H2,1-2H3/b13-11+,19-17+,24-22+,27-25+,30-28+,33-31+/t45-,46+,47+,50-,51-,52?,53?,54?,55?,56+,57+/m1/s1. The molecule has 2 fully saturated rings. The number of carbonyl (C=O) groups excluding carboxylic acids is 2. The molecular weight excluding hydrogens is 925 g/mol. The Bertz CT molecular complexity index is 1530. The van der Waals surface area contributed by atoms with Crippen molar-refractivity contribution in [1.29, 1.82) is 0 Å². The fourth-order valence-electron chi connectivity index (χ4n) is 8.12. The second-order valence-electron chi connectivity index (χ2n) is 19.0. The maximum Gasteiger partial charge on any atom is 0.306 e. The van der Waals surface area contributed by atoms with Crippen LogP contribution < -0.4 is 0 Å². The number of unbranched alkanes of at least 4 members (excludes halogenated alkanes) is 16. The second-order valence-corrected chi connectivity index (χ2v) is 19.0. The molecule has 7 N–H and O–H groups in total. The van der Waals surface area contributed by atoms with E-state index in [0.717, 1.165) is 57.8 Å². The Morgan fingerprint density at radius 1 is 0.444 bits per heavy atom. The van der Waals surface area contributed by atoms with Crippen LogP contribution in [-0.4, -0.2) is 142 Å². The van der Waals surface area contributed by atoms with E-state index in [9.17, 15) is 45.3 Å². The lowest BCUT2D eigenvalue weighted by molar-refractivity contribution is -0.332. The van der Waals surface area contributed by atoms with Crippen LogP contribution in [0.1, 0.15) is 181 Å². The summed E-state index contributed by atoms with van der Waals surface area (Å²) in [6.07, 6.45) is 35.0. The Balaban J connectivity index is 1.82. The molecule has 414 valence electrons. The minimum atomic E-state index is -1.78. The molecule has 2 rings (SSSR count). The molecule has 11 atom stereocenters.